The van der Waals surface area contributed by atoms with Crippen LogP contribution in [0.2, 0.25) is 0 Å². The van der Waals surface area contributed by atoms with Crippen LogP contribution in [-0.2, 0) is 19.1 Å². The van der Waals surface area contributed by atoms with Crippen molar-refractivity contribution >= 4 is 11.9 Å². The number of carbonyl (C=O) groups excluding carboxylic acids is 1. The van der Waals surface area contributed by atoms with Gasteiger partial charge in [-0.05, 0) is 26.2 Å². The molecule has 14 nitrogen and oxygen atoms in total. The summed E-state index contributed by atoms with van der Waals surface area (Å²) in [6, 6.07) is 0. The summed E-state index contributed by atoms with van der Waals surface area (Å²) >= 11 is 0. The van der Waals surface area contributed by atoms with Gasteiger partial charge in [0.05, 0.1) is 61.4 Å². The van der Waals surface area contributed by atoms with E-state index < -0.39 is 116 Å². The predicted octanol–water partition coefficient (Wildman–Crippen LogP) is 1.89. The van der Waals surface area contributed by atoms with Gasteiger partial charge in [-0.2, -0.15) is 0 Å². The van der Waals surface area contributed by atoms with E-state index in [1.165, 1.54) is 6.08 Å². The Hall–Kier alpha value is -3.28. The highest BCUT2D eigenvalue weighted by Crippen LogP contribution is 2.37. The Kier molecular flexibility index (Phi) is 21.2. The molecule has 0 spiro atoms. The van der Waals surface area contributed by atoms with E-state index in [2.05, 4.69) is 0 Å². The molecule has 0 aromatic rings. The normalized spacial score (nSPS) is 43.1. The number of carbonyl (C=O) groups is 2. The second-order valence-electron chi connectivity index (χ2n) is 14.7. The van der Waals surface area contributed by atoms with Crippen LogP contribution in [0.25, 0.3) is 0 Å². The van der Waals surface area contributed by atoms with Crippen LogP contribution in [0.1, 0.15) is 72.1 Å². The summed E-state index contributed by atoms with van der Waals surface area (Å²) in [4.78, 5) is 24.5. The van der Waals surface area contributed by atoms with Gasteiger partial charge in [-0.1, -0.05) is 98.9 Å². The fraction of sp³-hybridized carbons (Fsp3) is 0.610. The van der Waals surface area contributed by atoms with Crippen LogP contribution < -0.4 is 0 Å². The number of cyclic esters (lactones) is 1. The number of esters is 1. The Bertz CT molecular complexity index is 1370. The van der Waals surface area contributed by atoms with E-state index in [0.29, 0.717) is 0 Å². The summed E-state index contributed by atoms with van der Waals surface area (Å²) in [7, 11) is 0. The number of allylic oxidation sites excluding steroid dienone is 12. The number of aliphatic carboxylic acids is 1. The molecule has 14 atom stereocenters. The third-order valence-corrected chi connectivity index (χ3v) is 9.83. The minimum absolute atomic E-state index is 0.0747. The molecule has 0 saturated carbocycles. The molecular formula is C41H62O14. The molecule has 2 aliphatic heterocycles. The number of fused-ring (bicyclic) bond motifs is 2. The number of hydrogen-bond acceptors (Lipinski definition) is 13. The topological polar surface area (TPSA) is 255 Å². The molecule has 55 heavy (non-hydrogen) atoms. The fourth-order valence-electron chi connectivity index (χ4n) is 6.53. The van der Waals surface area contributed by atoms with Crippen LogP contribution in [0.3, 0.4) is 0 Å². The zero-order valence-electron chi connectivity index (χ0n) is 31.9. The average Bonchev–Trinajstić information content (AvgIpc) is 3.08. The van der Waals surface area contributed by atoms with E-state index in [1.54, 1.807) is 56.4 Å². The zero-order valence-corrected chi connectivity index (χ0v) is 31.9. The predicted molar refractivity (Wildman–Crippen MR) is 204 cm³/mol. The molecule has 14 heteroatoms. The zero-order chi connectivity index (χ0) is 41.1. The molecule has 10 N–H and O–H groups in total. The lowest BCUT2D eigenvalue weighted by Gasteiger charge is -2.44. The van der Waals surface area contributed by atoms with Crippen molar-refractivity contribution in [2.75, 3.05) is 0 Å². The lowest BCUT2D eigenvalue weighted by molar-refractivity contribution is -0.300. The number of aliphatic hydroxyl groups excluding tert-OH is 8. The summed E-state index contributed by atoms with van der Waals surface area (Å²) in [5.41, 5.74) is 0. The molecule has 1 saturated heterocycles. The number of aliphatic hydroxyl groups is 9. The first-order valence-electron chi connectivity index (χ1n) is 18.9. The molecule has 0 radical (unpaired) electrons. The Morgan fingerprint density at radius 3 is 1.76 bits per heavy atom. The van der Waals surface area contributed by atoms with Crippen molar-refractivity contribution in [1.29, 1.82) is 0 Å². The van der Waals surface area contributed by atoms with Crippen molar-refractivity contribution in [2.24, 2.45) is 17.8 Å². The van der Waals surface area contributed by atoms with Crippen molar-refractivity contribution in [3.05, 3.63) is 85.1 Å². The average molecular weight is 779 g/mol. The van der Waals surface area contributed by atoms with Crippen molar-refractivity contribution in [3.63, 3.8) is 0 Å². The van der Waals surface area contributed by atoms with Gasteiger partial charge in [0.15, 0.2) is 5.79 Å². The molecular weight excluding hydrogens is 716 g/mol. The van der Waals surface area contributed by atoms with Gasteiger partial charge in [0.1, 0.15) is 12.0 Å². The number of carboxylic acid groups (broad SMARTS) is 1. The maximum Gasteiger partial charge on any atom is 0.311 e. The maximum absolute atomic E-state index is 12.5. The van der Waals surface area contributed by atoms with Gasteiger partial charge in [-0.3, -0.25) is 9.59 Å². The molecule has 8 unspecified atom stereocenters. The first-order valence-corrected chi connectivity index (χ1v) is 18.9. The third-order valence-electron chi connectivity index (χ3n) is 9.83. The molecule has 1 fully saturated rings. The Balaban J connectivity index is 2.18. The molecule has 0 aromatic carbocycles. The van der Waals surface area contributed by atoms with E-state index >= 15 is 0 Å². The Morgan fingerprint density at radius 1 is 0.655 bits per heavy atom. The van der Waals surface area contributed by atoms with Crippen LogP contribution in [-0.4, -0.2) is 130 Å². The minimum Gasteiger partial charge on any atom is -0.481 e. The van der Waals surface area contributed by atoms with E-state index in [4.69, 9.17) is 9.47 Å². The van der Waals surface area contributed by atoms with Gasteiger partial charge in [0.25, 0.3) is 0 Å². The Labute approximate surface area is 323 Å². The highest BCUT2D eigenvalue weighted by atomic mass is 16.6. The molecule has 310 valence electrons. The van der Waals surface area contributed by atoms with Gasteiger partial charge in [-0.25, -0.2) is 0 Å². The quantitative estimate of drug-likeness (QED) is 0.171. The summed E-state index contributed by atoms with van der Waals surface area (Å²) in [6.45, 7) is 5.24. The largest absolute Gasteiger partial charge is 0.481 e. The lowest BCUT2D eigenvalue weighted by atomic mass is 9.82. The SMILES string of the molecule is C[C@@H]1[C@H](O)[C@@H](C)/C=C/C=C/C=C/C=C/C=C/C=C/C=C/C(O)C[C@@H]2OC(O)(CC(O)CC(O)C(O)CCC(O)CC(O)CC(=O)O[C@H]1C)C[C@H](O)C2C(=O)O. The first-order chi connectivity index (χ1) is 25.9. The summed E-state index contributed by atoms with van der Waals surface area (Å²) < 4.78 is 11.1. The number of hydrogen-bond donors (Lipinski definition) is 10. The maximum atomic E-state index is 12.5. The number of ether oxygens (including phenoxy) is 2. The van der Waals surface area contributed by atoms with E-state index in [1.807, 2.05) is 43.4 Å². The highest BCUT2D eigenvalue weighted by molar-refractivity contribution is 5.71. The van der Waals surface area contributed by atoms with E-state index in [9.17, 15) is 60.7 Å². The third kappa shape index (κ3) is 18.0. The summed E-state index contributed by atoms with van der Waals surface area (Å²) in [5, 5.41) is 105. The first kappa shape index (κ1) is 47.9. The van der Waals surface area contributed by atoms with Gasteiger partial charge < -0.3 is 60.5 Å². The van der Waals surface area contributed by atoms with Crippen molar-refractivity contribution in [1.82, 2.24) is 0 Å². The molecule has 0 aliphatic carbocycles. The number of rotatable bonds is 1. The molecule has 0 aromatic heterocycles. The van der Waals surface area contributed by atoms with Crippen LogP contribution in [0, 0.1) is 17.8 Å². The monoisotopic (exact) mass is 778 g/mol. The van der Waals surface area contributed by atoms with E-state index in [0.717, 1.165) is 0 Å². The van der Waals surface area contributed by atoms with Gasteiger partial charge in [0.2, 0.25) is 0 Å². The summed E-state index contributed by atoms with van der Waals surface area (Å²) in [5.74, 6) is -6.50. The minimum atomic E-state index is -2.22. The molecule has 0 amide bonds. The van der Waals surface area contributed by atoms with Crippen LogP contribution >= 0.6 is 0 Å². The number of carboxylic acids is 1. The molecule has 2 bridgehead atoms. The molecule has 2 heterocycles. The van der Waals surface area contributed by atoms with Gasteiger partial charge in [-0.15, -0.1) is 0 Å². The second-order valence-corrected chi connectivity index (χ2v) is 14.7. The fourth-order valence-corrected chi connectivity index (χ4v) is 6.53. The molecule has 2 aliphatic rings. The lowest BCUT2D eigenvalue weighted by Crippen LogP contribution is -2.56. The standard InChI is InChI=1S/C41H62O14/c1-26-16-14-12-10-8-6-4-5-7-9-11-13-15-17-29(42)22-36-38(40(51)52)35(48)25-41(53,55-36)24-32(45)21-34(47)33(46)19-18-30(43)20-31(44)23-37(49)54-28(3)27(2)39(26)50/h4-17,26-36,38-39,42-48,50,53H,18-25H2,1-3H3,(H,51,52)/b5-4+,8-6+,9-7+,12-10+,13-11+,16-14+,17-15+/t26-,27-,28-,29?,30?,31?,32?,33?,34?,35-,36-,38?,39+,41?/m0/s1. The van der Waals surface area contributed by atoms with Crippen LogP contribution in [0.4, 0.5) is 0 Å². The highest BCUT2D eigenvalue weighted by Gasteiger charge is 2.50. The smallest absolute Gasteiger partial charge is 0.311 e. The summed E-state index contributed by atoms with van der Waals surface area (Å²) in [6.07, 6.45) is 9.09. The van der Waals surface area contributed by atoms with Crippen LogP contribution in [0.5, 0.6) is 0 Å². The molecule has 2 rings (SSSR count). The van der Waals surface area contributed by atoms with Crippen molar-refractivity contribution in [2.45, 2.75) is 139 Å². The van der Waals surface area contributed by atoms with Crippen molar-refractivity contribution in [3.8, 4) is 0 Å². The second kappa shape index (κ2) is 24.4. The van der Waals surface area contributed by atoms with Crippen LogP contribution in [0.15, 0.2) is 85.1 Å². The van der Waals surface area contributed by atoms with Gasteiger partial charge in [0, 0.05) is 37.5 Å². The van der Waals surface area contributed by atoms with E-state index in [-0.39, 0.29) is 31.6 Å². The van der Waals surface area contributed by atoms with Crippen molar-refractivity contribution < 1.29 is 70.1 Å². The Morgan fingerprint density at radius 2 is 1.20 bits per heavy atom. The van der Waals surface area contributed by atoms with Gasteiger partial charge >= 0.3 is 11.9 Å².